The molecule has 1 aromatic carbocycles. The molecule has 3 N–H and O–H groups in total. The molecule has 1 saturated heterocycles. The Morgan fingerprint density at radius 2 is 2.10 bits per heavy atom. The van der Waals surface area contributed by atoms with Gasteiger partial charge in [0.15, 0.2) is 5.96 Å². The molecule has 0 aliphatic carbocycles. The zero-order valence-corrected chi connectivity index (χ0v) is 18.7. The molecule has 1 fully saturated rings. The Kier molecular flexibility index (Phi) is 7.80. The quantitative estimate of drug-likeness (QED) is 0.430. The maximum Gasteiger partial charge on any atom is 0.191 e. The topological polar surface area (TPSA) is 87.6 Å². The second kappa shape index (κ2) is 10.3. The number of guanidine groups is 1. The lowest BCUT2D eigenvalue weighted by Crippen LogP contribution is -2.52. The van der Waals surface area contributed by atoms with E-state index in [-0.39, 0.29) is 6.10 Å². The molecule has 0 aromatic heterocycles. The first-order valence-corrected chi connectivity index (χ1v) is 10.8. The highest BCUT2D eigenvalue weighted by molar-refractivity contribution is 5.79. The molecule has 2 atom stereocenters. The van der Waals surface area contributed by atoms with Crippen molar-refractivity contribution in [1.82, 2.24) is 15.5 Å². The van der Waals surface area contributed by atoms with Crippen LogP contribution in [0.25, 0.3) is 0 Å². The van der Waals surface area contributed by atoms with Gasteiger partial charge in [-0.15, -0.1) is 0 Å². The fourth-order valence-electron chi connectivity index (χ4n) is 3.87. The Morgan fingerprint density at radius 3 is 2.80 bits per heavy atom. The van der Waals surface area contributed by atoms with E-state index < -0.39 is 5.60 Å². The van der Waals surface area contributed by atoms with Gasteiger partial charge >= 0.3 is 0 Å². The van der Waals surface area contributed by atoms with E-state index >= 15 is 0 Å². The number of morpholine rings is 1. The summed E-state index contributed by atoms with van der Waals surface area (Å²) in [5.41, 5.74) is 1.28. The molecule has 0 bridgehead atoms. The molecule has 8 nitrogen and oxygen atoms in total. The highest BCUT2D eigenvalue weighted by Gasteiger charge is 2.26. The van der Waals surface area contributed by atoms with Gasteiger partial charge in [-0.05, 0) is 32.9 Å². The molecule has 3 rings (SSSR count). The van der Waals surface area contributed by atoms with E-state index in [1.807, 2.05) is 19.9 Å². The van der Waals surface area contributed by atoms with Gasteiger partial charge in [0.2, 0.25) is 0 Å². The van der Waals surface area contributed by atoms with Crippen LogP contribution in [-0.4, -0.2) is 80.7 Å². The molecular weight excluding hydrogens is 384 g/mol. The van der Waals surface area contributed by atoms with Gasteiger partial charge in [0.1, 0.15) is 17.6 Å². The zero-order valence-electron chi connectivity index (χ0n) is 18.7. The zero-order chi connectivity index (χ0) is 21.6. The highest BCUT2D eigenvalue weighted by Crippen LogP contribution is 2.35. The van der Waals surface area contributed by atoms with Crippen molar-refractivity contribution in [2.24, 2.45) is 4.99 Å². The lowest BCUT2D eigenvalue weighted by molar-refractivity contribution is -0.0201. The van der Waals surface area contributed by atoms with Crippen molar-refractivity contribution < 1.29 is 19.3 Å². The number of benzene rings is 1. The smallest absolute Gasteiger partial charge is 0.191 e. The predicted molar refractivity (Wildman–Crippen MR) is 117 cm³/mol. The van der Waals surface area contributed by atoms with E-state index in [0.29, 0.717) is 25.6 Å². The first-order chi connectivity index (χ1) is 14.4. The van der Waals surface area contributed by atoms with Gasteiger partial charge < -0.3 is 30.0 Å². The molecule has 30 heavy (non-hydrogen) atoms. The summed E-state index contributed by atoms with van der Waals surface area (Å²) >= 11 is 0. The fraction of sp³-hybridized carbons (Fsp3) is 0.682. The van der Waals surface area contributed by atoms with Gasteiger partial charge in [-0.1, -0.05) is 0 Å². The summed E-state index contributed by atoms with van der Waals surface area (Å²) in [4.78, 5) is 6.93. The first-order valence-electron chi connectivity index (χ1n) is 10.8. The van der Waals surface area contributed by atoms with E-state index in [4.69, 9.17) is 19.2 Å². The van der Waals surface area contributed by atoms with Crippen molar-refractivity contribution in [1.29, 1.82) is 0 Å². The fourth-order valence-corrected chi connectivity index (χ4v) is 3.87. The number of ether oxygens (including phenoxy) is 3. The normalized spacial score (nSPS) is 21.5. The molecule has 168 valence electrons. The van der Waals surface area contributed by atoms with E-state index in [2.05, 4.69) is 28.5 Å². The molecule has 2 aliphatic rings. The molecule has 8 heteroatoms. The Balaban J connectivity index is 1.62. The molecule has 0 amide bonds. The molecule has 2 heterocycles. The number of rotatable bonds is 8. The summed E-state index contributed by atoms with van der Waals surface area (Å²) in [6.07, 6.45) is 1.09. The third-order valence-corrected chi connectivity index (χ3v) is 5.36. The molecule has 1 aromatic rings. The summed E-state index contributed by atoms with van der Waals surface area (Å²) in [7, 11) is 1.68. The minimum atomic E-state index is -0.872. The van der Waals surface area contributed by atoms with Gasteiger partial charge in [0.05, 0.1) is 32.5 Å². The van der Waals surface area contributed by atoms with Crippen LogP contribution in [0.2, 0.25) is 0 Å². The van der Waals surface area contributed by atoms with Crippen LogP contribution in [0.4, 0.5) is 0 Å². The van der Waals surface area contributed by atoms with Crippen molar-refractivity contribution >= 4 is 5.96 Å². The molecule has 0 spiro atoms. The Bertz CT molecular complexity index is 732. The van der Waals surface area contributed by atoms with Crippen LogP contribution in [0.3, 0.4) is 0 Å². The average Bonchev–Trinajstić information content (AvgIpc) is 3.08. The number of β-amino-alcohol motifs (C(OH)–C–C–N with tert-alkyl or cyclic N) is 1. The summed E-state index contributed by atoms with van der Waals surface area (Å²) in [6.45, 7) is 11.3. The van der Waals surface area contributed by atoms with Gasteiger partial charge in [-0.2, -0.15) is 0 Å². The minimum absolute atomic E-state index is 0.191. The van der Waals surface area contributed by atoms with Crippen molar-refractivity contribution in [2.75, 3.05) is 53.0 Å². The van der Waals surface area contributed by atoms with Crippen LogP contribution in [0, 0.1) is 0 Å². The summed E-state index contributed by atoms with van der Waals surface area (Å²) in [5.74, 6) is 2.40. The highest BCUT2D eigenvalue weighted by atomic mass is 16.5. The van der Waals surface area contributed by atoms with E-state index in [0.717, 1.165) is 56.3 Å². The van der Waals surface area contributed by atoms with Crippen molar-refractivity contribution in [3.63, 3.8) is 0 Å². The van der Waals surface area contributed by atoms with Crippen molar-refractivity contribution in [3.05, 3.63) is 23.3 Å². The number of nitrogens with zero attached hydrogens (tertiary/aromatic N) is 2. The van der Waals surface area contributed by atoms with Crippen LogP contribution >= 0.6 is 0 Å². The van der Waals surface area contributed by atoms with Crippen molar-refractivity contribution in [3.8, 4) is 11.5 Å². The Hall–Kier alpha value is -2.03. The van der Waals surface area contributed by atoms with Gasteiger partial charge in [-0.3, -0.25) is 4.90 Å². The number of aliphatic hydroxyl groups is 1. The number of aliphatic imine (C=N–C) groups is 1. The Labute approximate surface area is 179 Å². The third kappa shape index (κ3) is 6.23. The van der Waals surface area contributed by atoms with Gasteiger partial charge in [0, 0.05) is 50.3 Å². The molecule has 2 unspecified atom stereocenters. The SMILES string of the molecule is CCNC(=NCc1cc2c(cc1OC)CC(C)O2)NCC(C)(O)CN1CCOCC1. The van der Waals surface area contributed by atoms with Crippen LogP contribution in [0.5, 0.6) is 11.5 Å². The summed E-state index contributed by atoms with van der Waals surface area (Å²) in [5, 5.41) is 17.3. The second-order valence-corrected chi connectivity index (χ2v) is 8.34. The maximum atomic E-state index is 10.8. The van der Waals surface area contributed by atoms with Crippen LogP contribution in [0.15, 0.2) is 17.1 Å². The average molecular weight is 421 g/mol. The van der Waals surface area contributed by atoms with Gasteiger partial charge in [-0.25, -0.2) is 4.99 Å². The lowest BCUT2D eigenvalue weighted by atomic mass is 10.1. The molecular formula is C22H36N4O4. The third-order valence-electron chi connectivity index (χ3n) is 5.36. The summed E-state index contributed by atoms with van der Waals surface area (Å²) in [6, 6.07) is 4.08. The Morgan fingerprint density at radius 1 is 1.33 bits per heavy atom. The number of methoxy groups -OCH3 is 1. The van der Waals surface area contributed by atoms with Gasteiger partial charge in [0.25, 0.3) is 0 Å². The van der Waals surface area contributed by atoms with E-state index in [1.165, 1.54) is 5.56 Å². The first kappa shape index (κ1) is 22.7. The number of nitrogens with one attached hydrogen (secondary N) is 2. The predicted octanol–water partition coefficient (Wildman–Crippen LogP) is 1.16. The number of hydrogen-bond acceptors (Lipinski definition) is 6. The largest absolute Gasteiger partial charge is 0.496 e. The van der Waals surface area contributed by atoms with Crippen LogP contribution < -0.4 is 20.1 Å². The van der Waals surface area contributed by atoms with Crippen LogP contribution in [0.1, 0.15) is 31.9 Å². The number of fused-ring (bicyclic) bond motifs is 1. The monoisotopic (exact) mass is 420 g/mol. The standard InChI is InChI=1S/C22H36N4O4/c1-5-23-21(25-14-22(3,27)15-26-6-8-29-9-7-26)24-13-18-12-20-17(10-16(2)30-20)11-19(18)28-4/h11-12,16,27H,5-10,13-15H2,1-4H3,(H2,23,24,25). The summed E-state index contributed by atoms with van der Waals surface area (Å²) < 4.78 is 16.8. The molecule has 0 saturated carbocycles. The lowest BCUT2D eigenvalue weighted by Gasteiger charge is -2.34. The second-order valence-electron chi connectivity index (χ2n) is 8.34. The maximum absolute atomic E-state index is 10.8. The van der Waals surface area contributed by atoms with E-state index in [9.17, 15) is 5.11 Å². The minimum Gasteiger partial charge on any atom is -0.496 e. The van der Waals surface area contributed by atoms with Crippen molar-refractivity contribution in [2.45, 2.75) is 45.4 Å². The molecule has 2 aliphatic heterocycles. The molecule has 0 radical (unpaired) electrons. The van der Waals surface area contributed by atoms with E-state index in [1.54, 1.807) is 7.11 Å². The van der Waals surface area contributed by atoms with Crippen LogP contribution in [-0.2, 0) is 17.7 Å². The number of hydrogen-bond donors (Lipinski definition) is 3.